The third-order valence-electron chi connectivity index (χ3n) is 8.59. The zero-order valence-electron chi connectivity index (χ0n) is 23.7. The Balaban J connectivity index is 0.00000353. The zero-order chi connectivity index (χ0) is 26.7. The van der Waals surface area contributed by atoms with Gasteiger partial charge in [-0.2, -0.15) is 0 Å². The lowest BCUT2D eigenvalue weighted by Crippen LogP contribution is -2.34. The van der Waals surface area contributed by atoms with Gasteiger partial charge in [-0.05, 0) is 131 Å². The van der Waals surface area contributed by atoms with Crippen molar-refractivity contribution in [2.45, 2.75) is 96.5 Å². The van der Waals surface area contributed by atoms with E-state index in [1.807, 2.05) is 12.1 Å². The Labute approximate surface area is 239 Å². The summed E-state index contributed by atoms with van der Waals surface area (Å²) in [5, 5.41) is 0. The van der Waals surface area contributed by atoms with Gasteiger partial charge in [0, 0.05) is 6.54 Å². The summed E-state index contributed by atoms with van der Waals surface area (Å²) in [6.45, 7) is 9.44. The molecule has 0 bridgehead atoms. The van der Waals surface area contributed by atoms with Crippen LogP contribution in [-0.2, 0) is 11.2 Å². The molecule has 3 aliphatic rings. The number of esters is 1. The molecule has 0 N–H and O–H groups in total. The summed E-state index contributed by atoms with van der Waals surface area (Å²) in [5.41, 5.74) is 5.59. The average molecular weight is 556 g/mol. The number of benzene rings is 2. The van der Waals surface area contributed by atoms with E-state index in [2.05, 4.69) is 37.8 Å². The predicted molar refractivity (Wildman–Crippen MR) is 157 cm³/mol. The molecular weight excluding hydrogens is 513 g/mol. The number of fused-ring (bicyclic) bond motifs is 2. The number of halogens is 2. The number of carbonyl (C=O) groups excluding carboxylic acids is 1. The Bertz CT molecular complexity index is 1180. The van der Waals surface area contributed by atoms with Crippen molar-refractivity contribution in [2.24, 2.45) is 0 Å². The van der Waals surface area contributed by atoms with E-state index in [0.717, 1.165) is 80.6 Å². The van der Waals surface area contributed by atoms with Crippen LogP contribution < -0.4 is 9.47 Å². The fourth-order valence-corrected chi connectivity index (χ4v) is 6.41. The highest BCUT2D eigenvalue weighted by molar-refractivity contribution is 5.85. The molecule has 0 spiro atoms. The largest absolute Gasteiger partial charge is 0.483 e. The molecule has 0 radical (unpaired) electrons. The first-order valence-corrected chi connectivity index (χ1v) is 14.6. The average Bonchev–Trinajstić information content (AvgIpc) is 3.40. The van der Waals surface area contributed by atoms with Crippen LogP contribution in [0.1, 0.15) is 101 Å². The van der Waals surface area contributed by atoms with Gasteiger partial charge in [0.1, 0.15) is 22.9 Å². The predicted octanol–water partition coefficient (Wildman–Crippen LogP) is 8.26. The maximum Gasteiger partial charge on any atom is 0.312 e. The molecule has 1 unspecified atom stereocenters. The first-order chi connectivity index (χ1) is 18.3. The molecule has 1 atom stereocenters. The Hall–Kier alpha value is -2.37. The molecule has 2 aromatic carbocycles. The second-order valence-corrected chi connectivity index (χ2v) is 11.9. The summed E-state index contributed by atoms with van der Waals surface area (Å²) < 4.78 is 26.0. The van der Waals surface area contributed by atoms with Gasteiger partial charge in [-0.3, -0.25) is 4.79 Å². The third kappa shape index (κ3) is 7.05. The fourth-order valence-electron chi connectivity index (χ4n) is 6.41. The van der Waals surface area contributed by atoms with E-state index in [1.165, 1.54) is 42.5 Å². The van der Waals surface area contributed by atoms with Crippen molar-refractivity contribution >= 4 is 23.9 Å². The Morgan fingerprint density at radius 1 is 1.08 bits per heavy atom. The van der Waals surface area contributed by atoms with Crippen molar-refractivity contribution in [1.29, 1.82) is 0 Å². The highest BCUT2D eigenvalue weighted by Gasteiger charge is 2.39. The molecule has 2 heterocycles. The van der Waals surface area contributed by atoms with Crippen molar-refractivity contribution in [3.63, 3.8) is 0 Å². The van der Waals surface area contributed by atoms with E-state index in [0.29, 0.717) is 12.2 Å². The summed E-state index contributed by atoms with van der Waals surface area (Å²) in [5.74, 6) is 1.42. The summed E-state index contributed by atoms with van der Waals surface area (Å²) in [6, 6.07) is 11.0. The van der Waals surface area contributed by atoms with Crippen molar-refractivity contribution in [1.82, 2.24) is 4.90 Å². The van der Waals surface area contributed by atoms with Crippen LogP contribution in [-0.4, -0.2) is 36.1 Å². The summed E-state index contributed by atoms with van der Waals surface area (Å²) in [6.07, 6.45) is 10.2. The molecule has 1 aliphatic carbocycles. The number of carbonyl (C=O) groups is 1. The van der Waals surface area contributed by atoms with Crippen LogP contribution in [0.5, 0.6) is 11.5 Å². The molecule has 1 fully saturated rings. The third-order valence-corrected chi connectivity index (χ3v) is 8.59. The van der Waals surface area contributed by atoms with E-state index < -0.39 is 0 Å². The number of hydrogen-bond donors (Lipinski definition) is 0. The van der Waals surface area contributed by atoms with Crippen molar-refractivity contribution < 1.29 is 18.7 Å². The Morgan fingerprint density at radius 2 is 1.82 bits per heavy atom. The van der Waals surface area contributed by atoms with Crippen LogP contribution >= 0.6 is 12.4 Å². The molecule has 39 heavy (non-hydrogen) atoms. The van der Waals surface area contributed by atoms with Gasteiger partial charge in [-0.15, -0.1) is 12.4 Å². The number of aryl methyl sites for hydroxylation is 1. The van der Waals surface area contributed by atoms with Gasteiger partial charge in [0.2, 0.25) is 0 Å². The highest BCUT2D eigenvalue weighted by Crippen LogP contribution is 2.52. The second-order valence-electron chi connectivity index (χ2n) is 11.9. The minimum absolute atomic E-state index is 0. The van der Waals surface area contributed by atoms with Gasteiger partial charge in [0.15, 0.2) is 0 Å². The number of rotatable bonds is 9. The Morgan fingerprint density at radius 3 is 2.56 bits per heavy atom. The number of ether oxygens (including phenoxy) is 2. The molecule has 0 amide bonds. The van der Waals surface area contributed by atoms with E-state index in [-0.39, 0.29) is 35.7 Å². The van der Waals surface area contributed by atoms with Gasteiger partial charge in [0.25, 0.3) is 0 Å². The zero-order valence-corrected chi connectivity index (χ0v) is 24.5. The Kier molecular flexibility index (Phi) is 9.77. The van der Waals surface area contributed by atoms with Gasteiger partial charge in [-0.1, -0.05) is 25.5 Å². The standard InChI is InChI=1S/C33H42FNO3.ClH/c1-23(9-7-10-24-13-15-26(34)16-14-24)25-21-29(37-31(36)17-20-35-18-5-4-6-19-35)32-27-11-8-12-28(27)33(2,3)38-30(32)22-25;/h13-16,21-23H,4-12,17-20H2,1-3H3;1H. The fraction of sp³-hybridized carbons (Fsp3) is 0.545. The minimum Gasteiger partial charge on any atom is -0.483 e. The molecule has 2 aromatic rings. The number of allylic oxidation sites excluding steroid dienone is 1. The molecule has 6 heteroatoms. The quantitative estimate of drug-likeness (QED) is 0.230. The summed E-state index contributed by atoms with van der Waals surface area (Å²) in [4.78, 5) is 15.4. The summed E-state index contributed by atoms with van der Waals surface area (Å²) >= 11 is 0. The van der Waals surface area contributed by atoms with Gasteiger partial charge in [-0.25, -0.2) is 4.39 Å². The first kappa shape index (κ1) is 29.6. The van der Waals surface area contributed by atoms with Gasteiger partial charge < -0.3 is 14.4 Å². The minimum atomic E-state index is -0.348. The van der Waals surface area contributed by atoms with E-state index >= 15 is 0 Å². The molecule has 1 saturated heterocycles. The first-order valence-electron chi connectivity index (χ1n) is 14.6. The van der Waals surface area contributed by atoms with E-state index in [4.69, 9.17) is 9.47 Å². The molecule has 2 aliphatic heterocycles. The second kappa shape index (κ2) is 12.9. The van der Waals surface area contributed by atoms with Crippen molar-refractivity contribution in [3.8, 4) is 11.5 Å². The molecule has 4 nitrogen and oxygen atoms in total. The molecule has 0 saturated carbocycles. The molecular formula is C33H43ClFNO3. The number of hydrogen-bond acceptors (Lipinski definition) is 4. The van der Waals surface area contributed by atoms with Gasteiger partial charge in [0.05, 0.1) is 12.0 Å². The number of piperidine rings is 1. The van der Waals surface area contributed by atoms with Crippen LogP contribution in [0.25, 0.3) is 5.57 Å². The highest BCUT2D eigenvalue weighted by atomic mass is 35.5. The van der Waals surface area contributed by atoms with Crippen LogP contribution in [0.15, 0.2) is 42.0 Å². The topological polar surface area (TPSA) is 38.8 Å². The van der Waals surface area contributed by atoms with E-state index in [1.54, 1.807) is 0 Å². The number of likely N-dealkylation sites (tertiary alicyclic amines) is 1. The van der Waals surface area contributed by atoms with Crippen LogP contribution in [0.3, 0.4) is 0 Å². The monoisotopic (exact) mass is 555 g/mol. The lowest BCUT2D eigenvalue weighted by Gasteiger charge is -2.36. The van der Waals surface area contributed by atoms with Crippen LogP contribution in [0.2, 0.25) is 0 Å². The summed E-state index contributed by atoms with van der Waals surface area (Å²) in [7, 11) is 0. The SMILES string of the molecule is CC(CCCc1ccc(F)cc1)c1cc(OC(=O)CCN2CCCCC2)c2c(c1)OC(C)(C)C1=C2CCC1.Cl. The van der Waals surface area contributed by atoms with Gasteiger partial charge >= 0.3 is 5.97 Å². The van der Waals surface area contributed by atoms with Crippen LogP contribution in [0.4, 0.5) is 4.39 Å². The maximum atomic E-state index is 13.3. The number of nitrogens with zero attached hydrogens (tertiary/aromatic N) is 1. The lowest BCUT2D eigenvalue weighted by atomic mass is 9.85. The normalized spacial score (nSPS) is 19.0. The molecule has 212 valence electrons. The molecule has 5 rings (SSSR count). The van der Waals surface area contributed by atoms with Crippen molar-refractivity contribution in [3.05, 3.63) is 64.5 Å². The lowest BCUT2D eigenvalue weighted by molar-refractivity contribution is -0.134. The van der Waals surface area contributed by atoms with Crippen LogP contribution in [0, 0.1) is 5.82 Å². The molecule has 0 aromatic heterocycles. The maximum absolute atomic E-state index is 13.3. The van der Waals surface area contributed by atoms with E-state index in [9.17, 15) is 9.18 Å². The van der Waals surface area contributed by atoms with Crippen molar-refractivity contribution in [2.75, 3.05) is 19.6 Å². The smallest absolute Gasteiger partial charge is 0.312 e.